The molecule has 0 aliphatic carbocycles. The van der Waals surface area contributed by atoms with E-state index in [1.165, 1.54) is 11.8 Å². The van der Waals surface area contributed by atoms with Crippen molar-refractivity contribution in [3.63, 3.8) is 0 Å². The van der Waals surface area contributed by atoms with E-state index in [1.807, 2.05) is 54.6 Å². The van der Waals surface area contributed by atoms with Crippen LogP contribution in [0.5, 0.6) is 5.75 Å². The van der Waals surface area contributed by atoms with Gasteiger partial charge >= 0.3 is 0 Å². The topological polar surface area (TPSA) is 67.8 Å². The number of carbonyl (C=O) groups excluding carboxylic acids is 2. The largest absolute Gasteiger partial charge is 0.497 e. The number of carbonyl (C=O) groups is 2. The Labute approximate surface area is 156 Å². The number of nitrogens with one attached hydrogen (secondary N) is 1. The van der Waals surface area contributed by atoms with E-state index in [0.717, 1.165) is 22.6 Å². The molecular weight excluding hydrogens is 348 g/mol. The van der Waals surface area contributed by atoms with Crippen molar-refractivity contribution in [2.75, 3.05) is 12.4 Å². The summed E-state index contributed by atoms with van der Waals surface area (Å²) >= 11 is 1.34. The molecule has 1 aliphatic rings. The lowest BCUT2D eigenvalue weighted by molar-refractivity contribution is -0.116. The first-order valence-electron chi connectivity index (χ1n) is 8.16. The number of amides is 2. The molecule has 6 heteroatoms. The van der Waals surface area contributed by atoms with Crippen molar-refractivity contribution in [3.05, 3.63) is 64.6 Å². The number of ether oxygens (including phenoxy) is 1. The summed E-state index contributed by atoms with van der Waals surface area (Å²) in [7, 11) is 1.61. The molecule has 26 heavy (non-hydrogen) atoms. The van der Waals surface area contributed by atoms with Gasteiger partial charge in [-0.2, -0.15) is 0 Å². The van der Waals surface area contributed by atoms with Crippen LogP contribution in [0.2, 0.25) is 0 Å². The molecule has 0 unspecified atom stereocenters. The fraction of sp³-hybridized carbons (Fsp3) is 0.150. The molecule has 2 aromatic rings. The Morgan fingerprint density at radius 1 is 1.15 bits per heavy atom. The summed E-state index contributed by atoms with van der Waals surface area (Å²) in [5.74, 6) is 0.485. The van der Waals surface area contributed by atoms with Crippen LogP contribution in [0.1, 0.15) is 24.5 Å². The summed E-state index contributed by atoms with van der Waals surface area (Å²) in [6, 6.07) is 14.8. The summed E-state index contributed by atoms with van der Waals surface area (Å²) < 4.78 is 5.13. The Morgan fingerprint density at radius 2 is 1.85 bits per heavy atom. The summed E-state index contributed by atoms with van der Waals surface area (Å²) in [5, 5.41) is 3.45. The van der Waals surface area contributed by atoms with Gasteiger partial charge in [-0.3, -0.25) is 9.59 Å². The maximum Gasteiger partial charge on any atom is 0.284 e. The monoisotopic (exact) mass is 366 g/mol. The summed E-state index contributed by atoms with van der Waals surface area (Å²) in [5.41, 5.74) is 2.48. The van der Waals surface area contributed by atoms with Crippen molar-refractivity contribution < 1.29 is 14.3 Å². The van der Waals surface area contributed by atoms with Gasteiger partial charge in [0.1, 0.15) is 10.8 Å². The van der Waals surface area contributed by atoms with Gasteiger partial charge in [0.2, 0.25) is 5.91 Å². The number of hydrogen-bond donors (Lipinski definition) is 1. The first-order valence-corrected chi connectivity index (χ1v) is 8.97. The maximum atomic E-state index is 12.2. The quantitative estimate of drug-likeness (QED) is 0.809. The highest BCUT2D eigenvalue weighted by atomic mass is 32.2. The highest BCUT2D eigenvalue weighted by molar-refractivity contribution is 8.19. The Morgan fingerprint density at radius 3 is 2.46 bits per heavy atom. The molecule has 5 nitrogen and oxygen atoms in total. The third kappa shape index (κ3) is 4.21. The van der Waals surface area contributed by atoms with Gasteiger partial charge in [-0.25, -0.2) is 4.99 Å². The minimum atomic E-state index is -0.246. The van der Waals surface area contributed by atoms with E-state index >= 15 is 0 Å². The van der Waals surface area contributed by atoms with Gasteiger partial charge in [0.15, 0.2) is 0 Å². The van der Waals surface area contributed by atoms with Crippen LogP contribution < -0.4 is 10.1 Å². The Bertz CT molecular complexity index is 884. The Balaban J connectivity index is 1.73. The number of methoxy groups -OCH3 is 1. The first-order chi connectivity index (χ1) is 12.6. The van der Waals surface area contributed by atoms with Gasteiger partial charge in [0.25, 0.3) is 5.91 Å². The minimum Gasteiger partial charge on any atom is -0.497 e. The number of benzene rings is 2. The second kappa shape index (κ2) is 8.01. The van der Waals surface area contributed by atoms with Crippen molar-refractivity contribution in [1.82, 2.24) is 0 Å². The average molecular weight is 366 g/mol. The minimum absolute atomic E-state index is 0.0368. The molecular formula is C20H18N2O3S. The average Bonchev–Trinajstić information content (AvgIpc) is 3.03. The van der Waals surface area contributed by atoms with E-state index in [-0.39, 0.29) is 11.8 Å². The van der Waals surface area contributed by atoms with Crippen LogP contribution in [-0.2, 0) is 9.59 Å². The van der Waals surface area contributed by atoms with Gasteiger partial charge in [0.05, 0.1) is 12.0 Å². The van der Waals surface area contributed by atoms with Crippen LogP contribution in [0.15, 0.2) is 58.4 Å². The van der Waals surface area contributed by atoms with E-state index in [0.29, 0.717) is 16.4 Å². The number of aliphatic imine (C=N–C) groups is 1. The van der Waals surface area contributed by atoms with Gasteiger partial charge in [0, 0.05) is 17.7 Å². The predicted octanol–water partition coefficient (Wildman–Crippen LogP) is 4.10. The zero-order valence-electron chi connectivity index (χ0n) is 14.5. The second-order valence-corrected chi connectivity index (χ2v) is 6.62. The second-order valence-electron chi connectivity index (χ2n) is 5.58. The standard InChI is InChI=1S/C20H18N2O3S/c1-3-18(23)21-15-8-6-14(7-9-15)20-22-19(24)17(26-20)12-13-4-10-16(25-2)11-5-13/h4-12H,3H2,1-2H3,(H,21,23)/b17-12-. The van der Waals surface area contributed by atoms with Gasteiger partial charge < -0.3 is 10.1 Å². The maximum absolute atomic E-state index is 12.2. The summed E-state index contributed by atoms with van der Waals surface area (Å²) in [6.45, 7) is 1.80. The highest BCUT2D eigenvalue weighted by Gasteiger charge is 2.22. The van der Waals surface area contributed by atoms with Crippen LogP contribution >= 0.6 is 11.8 Å². The zero-order valence-corrected chi connectivity index (χ0v) is 15.3. The first kappa shape index (κ1) is 17.9. The smallest absolute Gasteiger partial charge is 0.284 e. The molecule has 0 saturated heterocycles. The van der Waals surface area contributed by atoms with E-state index < -0.39 is 0 Å². The van der Waals surface area contributed by atoms with E-state index in [4.69, 9.17) is 4.74 Å². The van der Waals surface area contributed by atoms with E-state index in [9.17, 15) is 9.59 Å². The van der Waals surface area contributed by atoms with Gasteiger partial charge in [-0.1, -0.05) is 43.0 Å². The van der Waals surface area contributed by atoms with Gasteiger partial charge in [-0.05, 0) is 35.9 Å². The predicted molar refractivity (Wildman–Crippen MR) is 105 cm³/mol. The molecule has 0 spiro atoms. The molecule has 0 fully saturated rings. The number of anilines is 1. The lowest BCUT2D eigenvalue weighted by Crippen LogP contribution is -2.09. The van der Waals surface area contributed by atoms with Crippen molar-refractivity contribution in [2.45, 2.75) is 13.3 Å². The fourth-order valence-corrected chi connectivity index (χ4v) is 3.25. The highest BCUT2D eigenvalue weighted by Crippen LogP contribution is 2.32. The van der Waals surface area contributed by atoms with Crippen molar-refractivity contribution in [2.24, 2.45) is 4.99 Å². The molecule has 1 aliphatic heterocycles. The number of rotatable bonds is 5. The van der Waals surface area contributed by atoms with Crippen molar-refractivity contribution in [1.29, 1.82) is 0 Å². The van der Waals surface area contributed by atoms with E-state index in [2.05, 4.69) is 10.3 Å². The molecule has 2 amide bonds. The molecule has 0 radical (unpaired) electrons. The number of hydrogen-bond acceptors (Lipinski definition) is 4. The molecule has 132 valence electrons. The van der Waals surface area contributed by atoms with Crippen LogP contribution in [-0.4, -0.2) is 24.0 Å². The summed E-state index contributed by atoms with van der Waals surface area (Å²) in [6.07, 6.45) is 2.25. The van der Waals surface area contributed by atoms with E-state index in [1.54, 1.807) is 14.0 Å². The fourth-order valence-electron chi connectivity index (χ4n) is 2.33. The Kier molecular flexibility index (Phi) is 5.53. The molecule has 1 N–H and O–H groups in total. The number of thioether (sulfide) groups is 1. The van der Waals surface area contributed by atoms with Crippen LogP contribution in [0, 0.1) is 0 Å². The van der Waals surface area contributed by atoms with Crippen LogP contribution in [0.25, 0.3) is 6.08 Å². The zero-order chi connectivity index (χ0) is 18.5. The SMILES string of the molecule is CCC(=O)Nc1ccc(C2=NC(=O)/C(=C/c3ccc(OC)cc3)S2)cc1. The van der Waals surface area contributed by atoms with Crippen molar-refractivity contribution in [3.8, 4) is 5.75 Å². The molecule has 0 saturated carbocycles. The molecule has 0 atom stereocenters. The normalized spacial score (nSPS) is 15.1. The molecule has 0 aromatic heterocycles. The Hall–Kier alpha value is -2.86. The van der Waals surface area contributed by atoms with Gasteiger partial charge in [-0.15, -0.1) is 0 Å². The number of nitrogens with zero attached hydrogens (tertiary/aromatic N) is 1. The summed E-state index contributed by atoms with van der Waals surface area (Å²) in [4.78, 5) is 28.3. The van der Waals surface area contributed by atoms with Crippen LogP contribution in [0.3, 0.4) is 0 Å². The molecule has 3 rings (SSSR count). The van der Waals surface area contributed by atoms with Crippen LogP contribution in [0.4, 0.5) is 5.69 Å². The van der Waals surface area contributed by atoms with Crippen molar-refractivity contribution >= 4 is 40.4 Å². The lowest BCUT2D eigenvalue weighted by atomic mass is 10.2. The lowest BCUT2D eigenvalue weighted by Gasteiger charge is -2.05. The third-order valence-electron chi connectivity index (χ3n) is 3.77. The molecule has 2 aromatic carbocycles. The third-order valence-corrected chi connectivity index (χ3v) is 4.80. The molecule has 0 bridgehead atoms. The molecule has 1 heterocycles.